The van der Waals surface area contributed by atoms with Crippen LogP contribution in [0.3, 0.4) is 0 Å². The van der Waals surface area contributed by atoms with E-state index >= 15 is 0 Å². The lowest BCUT2D eigenvalue weighted by atomic mass is 10.2. The second-order valence-electron chi connectivity index (χ2n) is 6.13. The van der Waals surface area contributed by atoms with Crippen LogP contribution in [0.25, 0.3) is 0 Å². The lowest BCUT2D eigenvalue weighted by Gasteiger charge is -2.12. The van der Waals surface area contributed by atoms with Crippen LogP contribution < -0.4 is 14.8 Å². The van der Waals surface area contributed by atoms with Gasteiger partial charge < -0.3 is 14.8 Å². The number of amides is 1. The van der Waals surface area contributed by atoms with Crippen molar-refractivity contribution in [3.05, 3.63) is 41.1 Å². The Morgan fingerprint density at radius 3 is 2.89 bits per heavy atom. The van der Waals surface area contributed by atoms with E-state index in [1.165, 1.54) is 17.3 Å². The van der Waals surface area contributed by atoms with Gasteiger partial charge in [-0.3, -0.25) is 4.79 Å². The van der Waals surface area contributed by atoms with Gasteiger partial charge in [0.15, 0.2) is 0 Å². The number of ether oxygens (including phenoxy) is 2. The number of fused-ring (bicyclic) bond motifs is 1. The lowest BCUT2D eigenvalue weighted by Crippen LogP contribution is -2.13. The van der Waals surface area contributed by atoms with Crippen LogP contribution in [0.15, 0.2) is 29.3 Å². The first-order valence-electron chi connectivity index (χ1n) is 8.72. The molecule has 0 radical (unpaired) electrons. The van der Waals surface area contributed by atoms with Gasteiger partial charge in [0, 0.05) is 23.9 Å². The quantitative estimate of drug-likeness (QED) is 0.736. The van der Waals surface area contributed by atoms with Crippen molar-refractivity contribution in [3.8, 4) is 17.6 Å². The number of benzene rings is 1. The fourth-order valence-electron chi connectivity index (χ4n) is 3.01. The molecule has 0 saturated heterocycles. The Labute approximate surface area is 162 Å². The van der Waals surface area contributed by atoms with Crippen LogP contribution in [0.2, 0.25) is 0 Å². The number of hydrogen-bond donors (Lipinski definition) is 1. The van der Waals surface area contributed by atoms with Gasteiger partial charge in [-0.1, -0.05) is 0 Å². The number of pyridine rings is 1. The van der Waals surface area contributed by atoms with Crippen LogP contribution in [0.5, 0.6) is 11.5 Å². The molecule has 0 fully saturated rings. The Balaban J connectivity index is 1.60. The summed E-state index contributed by atoms with van der Waals surface area (Å²) in [6, 6.07) is 9.40. The van der Waals surface area contributed by atoms with Gasteiger partial charge in [-0.15, -0.1) is 11.8 Å². The molecular formula is C20H21N3O3S. The predicted octanol–water partition coefficient (Wildman–Crippen LogP) is 3.58. The van der Waals surface area contributed by atoms with Gasteiger partial charge >= 0.3 is 0 Å². The molecule has 1 aromatic heterocycles. The van der Waals surface area contributed by atoms with Crippen LogP contribution in [0.4, 0.5) is 5.69 Å². The third-order valence-corrected chi connectivity index (χ3v) is 5.38. The zero-order chi connectivity index (χ0) is 19.2. The number of carbonyl (C=O) groups is 1. The molecule has 1 heterocycles. The number of rotatable bonds is 7. The normalized spacial score (nSPS) is 12.2. The Morgan fingerprint density at radius 2 is 2.15 bits per heavy atom. The summed E-state index contributed by atoms with van der Waals surface area (Å²) in [5.41, 5.74) is 3.43. The molecule has 1 amide bonds. The number of methoxy groups -OCH3 is 2. The Hall–Kier alpha value is -2.72. The van der Waals surface area contributed by atoms with Crippen molar-refractivity contribution in [1.29, 1.82) is 5.26 Å². The molecule has 27 heavy (non-hydrogen) atoms. The number of anilines is 1. The monoisotopic (exact) mass is 383 g/mol. The summed E-state index contributed by atoms with van der Waals surface area (Å²) in [6.07, 6.45) is 3.35. The number of carbonyl (C=O) groups excluding carboxylic acids is 1. The molecule has 2 aromatic rings. The zero-order valence-corrected chi connectivity index (χ0v) is 16.2. The molecule has 1 aliphatic carbocycles. The minimum Gasteiger partial charge on any atom is -0.497 e. The van der Waals surface area contributed by atoms with Crippen LogP contribution >= 0.6 is 11.8 Å². The first kappa shape index (κ1) is 19.1. The molecular weight excluding hydrogens is 362 g/mol. The molecule has 0 saturated carbocycles. The third-order valence-electron chi connectivity index (χ3n) is 4.38. The number of aromatic nitrogens is 1. The number of nitriles is 1. The maximum atomic E-state index is 12.3. The minimum absolute atomic E-state index is 0.131. The highest BCUT2D eigenvalue weighted by Gasteiger charge is 2.17. The van der Waals surface area contributed by atoms with E-state index in [0.717, 1.165) is 25.0 Å². The molecule has 0 bridgehead atoms. The minimum atomic E-state index is -0.131. The van der Waals surface area contributed by atoms with Crippen molar-refractivity contribution >= 4 is 23.4 Å². The summed E-state index contributed by atoms with van der Waals surface area (Å²) in [5.74, 6) is 1.62. The van der Waals surface area contributed by atoms with Crippen LogP contribution in [-0.4, -0.2) is 30.9 Å². The van der Waals surface area contributed by atoms with E-state index in [-0.39, 0.29) is 5.91 Å². The molecule has 0 unspecified atom stereocenters. The fourth-order valence-corrected chi connectivity index (χ4v) is 3.92. The molecule has 1 N–H and O–H groups in total. The Bertz CT molecular complexity index is 893. The molecule has 0 aliphatic heterocycles. The van der Waals surface area contributed by atoms with Crippen LogP contribution in [-0.2, 0) is 17.6 Å². The van der Waals surface area contributed by atoms with Gasteiger partial charge in [-0.05, 0) is 43.0 Å². The second-order valence-corrected chi connectivity index (χ2v) is 7.21. The molecule has 0 atom stereocenters. The Kier molecular flexibility index (Phi) is 6.20. The fraction of sp³-hybridized carbons (Fsp3) is 0.350. The first-order valence-corrected chi connectivity index (χ1v) is 9.70. The molecule has 1 aliphatic rings. The number of hydrogen-bond acceptors (Lipinski definition) is 6. The lowest BCUT2D eigenvalue weighted by molar-refractivity contribution is -0.115. The maximum Gasteiger partial charge on any atom is 0.225 e. The molecule has 6 nitrogen and oxygen atoms in total. The molecule has 1 aromatic carbocycles. The highest BCUT2D eigenvalue weighted by molar-refractivity contribution is 7.99. The van der Waals surface area contributed by atoms with E-state index in [1.54, 1.807) is 32.4 Å². The molecule has 3 rings (SSSR count). The van der Waals surface area contributed by atoms with E-state index in [1.807, 2.05) is 6.07 Å². The van der Waals surface area contributed by atoms with Crippen LogP contribution in [0, 0.1) is 11.3 Å². The number of nitrogens with zero attached hydrogens (tertiary/aromatic N) is 2. The topological polar surface area (TPSA) is 84.2 Å². The van der Waals surface area contributed by atoms with Gasteiger partial charge in [-0.2, -0.15) is 5.26 Å². The number of nitrogens with one attached hydrogen (secondary N) is 1. The van der Waals surface area contributed by atoms with Gasteiger partial charge in [-0.25, -0.2) is 4.98 Å². The van der Waals surface area contributed by atoms with Crippen molar-refractivity contribution in [3.63, 3.8) is 0 Å². The van der Waals surface area contributed by atoms with E-state index in [2.05, 4.69) is 16.4 Å². The van der Waals surface area contributed by atoms with E-state index < -0.39 is 0 Å². The van der Waals surface area contributed by atoms with Crippen molar-refractivity contribution in [1.82, 2.24) is 4.98 Å². The van der Waals surface area contributed by atoms with Gasteiger partial charge in [0.1, 0.15) is 22.6 Å². The van der Waals surface area contributed by atoms with Gasteiger partial charge in [0.25, 0.3) is 0 Å². The van der Waals surface area contributed by atoms with E-state index in [9.17, 15) is 10.1 Å². The average Bonchev–Trinajstić information content (AvgIpc) is 3.14. The number of aryl methyl sites for hydroxylation is 2. The van der Waals surface area contributed by atoms with Crippen molar-refractivity contribution < 1.29 is 14.3 Å². The van der Waals surface area contributed by atoms with Crippen molar-refractivity contribution in [2.45, 2.75) is 30.7 Å². The smallest absolute Gasteiger partial charge is 0.225 e. The summed E-state index contributed by atoms with van der Waals surface area (Å²) in [4.78, 5) is 16.9. The molecule has 0 spiro atoms. The van der Waals surface area contributed by atoms with Crippen molar-refractivity contribution in [2.24, 2.45) is 0 Å². The van der Waals surface area contributed by atoms with E-state index in [4.69, 9.17) is 9.47 Å². The van der Waals surface area contributed by atoms with E-state index in [0.29, 0.717) is 39.9 Å². The Morgan fingerprint density at radius 1 is 1.30 bits per heavy atom. The second kappa shape index (κ2) is 8.78. The molecule has 140 valence electrons. The summed E-state index contributed by atoms with van der Waals surface area (Å²) in [7, 11) is 3.12. The summed E-state index contributed by atoms with van der Waals surface area (Å²) >= 11 is 1.44. The van der Waals surface area contributed by atoms with Crippen molar-refractivity contribution in [2.75, 3.05) is 25.3 Å². The standard InChI is InChI=1S/C20H21N3O3S/c1-25-15-6-7-18(26-2)17(11-15)22-19(24)8-9-27-20-14(12-21)10-13-4-3-5-16(13)23-20/h6-7,10-11H,3-5,8-9H2,1-2H3,(H,22,24). The number of thioether (sulfide) groups is 1. The van der Waals surface area contributed by atoms with Gasteiger partial charge in [0.05, 0.1) is 25.5 Å². The SMILES string of the molecule is COc1ccc(OC)c(NC(=O)CCSc2nc3c(cc2C#N)CCC3)c1. The average molecular weight is 383 g/mol. The highest BCUT2D eigenvalue weighted by atomic mass is 32.2. The van der Waals surface area contributed by atoms with Gasteiger partial charge in [0.2, 0.25) is 5.91 Å². The first-order chi connectivity index (χ1) is 13.1. The largest absolute Gasteiger partial charge is 0.497 e. The third kappa shape index (κ3) is 4.52. The highest BCUT2D eigenvalue weighted by Crippen LogP contribution is 2.30. The molecule has 7 heteroatoms. The summed E-state index contributed by atoms with van der Waals surface area (Å²) < 4.78 is 10.5. The maximum absolute atomic E-state index is 12.3. The predicted molar refractivity (Wildman–Crippen MR) is 104 cm³/mol. The summed E-state index contributed by atoms with van der Waals surface area (Å²) in [6.45, 7) is 0. The summed E-state index contributed by atoms with van der Waals surface area (Å²) in [5, 5.41) is 12.9. The van der Waals surface area contributed by atoms with Crippen LogP contribution in [0.1, 0.15) is 29.7 Å². The zero-order valence-electron chi connectivity index (χ0n) is 15.4.